The minimum absolute atomic E-state index is 0.261. The van der Waals surface area contributed by atoms with Crippen molar-refractivity contribution in [2.75, 3.05) is 33.7 Å². The molecule has 0 amide bonds. The third-order valence-corrected chi connectivity index (χ3v) is 4.56. The molecule has 0 aliphatic carbocycles. The molecule has 0 bridgehead atoms. The Bertz CT molecular complexity index is 183. The Balaban J connectivity index is 2.57. The first-order valence-corrected chi connectivity index (χ1v) is 6.71. The Kier molecular flexibility index (Phi) is 5.22. The maximum atomic E-state index is 6.00. The molecule has 1 rings (SSSR count). The van der Waals surface area contributed by atoms with Gasteiger partial charge in [0, 0.05) is 31.2 Å². The van der Waals surface area contributed by atoms with E-state index in [2.05, 4.69) is 37.7 Å². The number of nitrogens with two attached hydrogens (primary N) is 1. The molecule has 0 aromatic carbocycles. The second-order valence-corrected chi connectivity index (χ2v) is 5.32. The van der Waals surface area contributed by atoms with Crippen molar-refractivity contribution in [2.45, 2.75) is 51.1 Å². The number of rotatable bonds is 5. The minimum atomic E-state index is 0.261. The van der Waals surface area contributed by atoms with Crippen LogP contribution in [-0.2, 0) is 0 Å². The number of hydrogen-bond acceptors (Lipinski definition) is 3. The van der Waals surface area contributed by atoms with Gasteiger partial charge in [-0.1, -0.05) is 13.8 Å². The van der Waals surface area contributed by atoms with Crippen molar-refractivity contribution in [3.63, 3.8) is 0 Å². The van der Waals surface area contributed by atoms with Gasteiger partial charge < -0.3 is 10.6 Å². The van der Waals surface area contributed by atoms with Gasteiger partial charge in [-0.2, -0.15) is 0 Å². The lowest BCUT2D eigenvalue weighted by Gasteiger charge is -2.47. The SMILES string of the molecule is CCC(CC)(CN)N1CCC(N(C)C)CC1. The maximum Gasteiger partial charge on any atom is 0.0326 e. The summed E-state index contributed by atoms with van der Waals surface area (Å²) in [6.45, 7) is 7.76. The molecule has 1 heterocycles. The maximum absolute atomic E-state index is 6.00. The van der Waals surface area contributed by atoms with E-state index in [-0.39, 0.29) is 5.54 Å². The van der Waals surface area contributed by atoms with Crippen LogP contribution >= 0.6 is 0 Å². The molecule has 96 valence electrons. The Hall–Kier alpha value is -0.120. The predicted octanol–water partition coefficient (Wildman–Crippen LogP) is 1.53. The first-order valence-electron chi connectivity index (χ1n) is 6.71. The van der Waals surface area contributed by atoms with Crippen LogP contribution in [0.25, 0.3) is 0 Å². The summed E-state index contributed by atoms with van der Waals surface area (Å²) in [4.78, 5) is 4.99. The highest BCUT2D eigenvalue weighted by molar-refractivity contribution is 4.92. The van der Waals surface area contributed by atoms with Gasteiger partial charge in [0.15, 0.2) is 0 Å². The molecule has 0 unspecified atom stereocenters. The molecule has 0 atom stereocenters. The standard InChI is InChI=1S/C13H29N3/c1-5-13(6-2,11-14)16-9-7-12(8-10-16)15(3)4/h12H,5-11,14H2,1-4H3. The van der Waals surface area contributed by atoms with Crippen molar-refractivity contribution in [3.05, 3.63) is 0 Å². The Morgan fingerprint density at radius 3 is 2.00 bits per heavy atom. The van der Waals surface area contributed by atoms with Gasteiger partial charge in [-0.05, 0) is 39.8 Å². The molecule has 16 heavy (non-hydrogen) atoms. The summed E-state index contributed by atoms with van der Waals surface area (Å²) in [7, 11) is 4.38. The van der Waals surface area contributed by atoms with Crippen LogP contribution in [0.2, 0.25) is 0 Å². The van der Waals surface area contributed by atoms with Gasteiger partial charge in [-0.3, -0.25) is 4.90 Å². The molecule has 0 spiro atoms. The second kappa shape index (κ2) is 5.99. The highest BCUT2D eigenvalue weighted by atomic mass is 15.2. The van der Waals surface area contributed by atoms with Crippen molar-refractivity contribution < 1.29 is 0 Å². The largest absolute Gasteiger partial charge is 0.329 e. The Morgan fingerprint density at radius 2 is 1.69 bits per heavy atom. The molecule has 1 aliphatic rings. The van der Waals surface area contributed by atoms with Crippen molar-refractivity contribution in [1.82, 2.24) is 9.80 Å². The van der Waals surface area contributed by atoms with Crippen LogP contribution in [0.5, 0.6) is 0 Å². The average Bonchev–Trinajstić information content (AvgIpc) is 2.33. The summed E-state index contributed by atoms with van der Waals surface area (Å²) < 4.78 is 0. The third kappa shape index (κ3) is 2.76. The zero-order chi connectivity index (χ0) is 12.2. The molecule has 3 nitrogen and oxygen atoms in total. The molecule has 0 saturated carbocycles. The predicted molar refractivity (Wildman–Crippen MR) is 70.6 cm³/mol. The molecule has 1 fully saturated rings. The van der Waals surface area contributed by atoms with Crippen molar-refractivity contribution in [2.24, 2.45) is 5.73 Å². The quantitative estimate of drug-likeness (QED) is 0.773. The lowest BCUT2D eigenvalue weighted by Crippen LogP contribution is -2.57. The zero-order valence-electron chi connectivity index (χ0n) is 11.5. The Labute approximate surface area is 101 Å². The fraction of sp³-hybridized carbons (Fsp3) is 1.00. The van der Waals surface area contributed by atoms with E-state index in [4.69, 9.17) is 5.73 Å². The van der Waals surface area contributed by atoms with E-state index in [9.17, 15) is 0 Å². The van der Waals surface area contributed by atoms with Crippen molar-refractivity contribution in [1.29, 1.82) is 0 Å². The average molecular weight is 227 g/mol. The van der Waals surface area contributed by atoms with Gasteiger partial charge in [0.2, 0.25) is 0 Å². The summed E-state index contributed by atoms with van der Waals surface area (Å²) in [5.41, 5.74) is 6.26. The van der Waals surface area contributed by atoms with Gasteiger partial charge >= 0.3 is 0 Å². The molecular weight excluding hydrogens is 198 g/mol. The van der Waals surface area contributed by atoms with Crippen molar-refractivity contribution in [3.8, 4) is 0 Å². The zero-order valence-corrected chi connectivity index (χ0v) is 11.5. The van der Waals surface area contributed by atoms with Crippen LogP contribution in [0, 0.1) is 0 Å². The summed E-state index contributed by atoms with van der Waals surface area (Å²) in [6.07, 6.45) is 4.92. The van der Waals surface area contributed by atoms with Crippen LogP contribution in [0.3, 0.4) is 0 Å². The molecule has 0 radical (unpaired) electrons. The molecule has 0 aromatic rings. The smallest absolute Gasteiger partial charge is 0.0326 e. The summed E-state index contributed by atoms with van der Waals surface area (Å²) in [5.74, 6) is 0. The third-order valence-electron chi connectivity index (χ3n) is 4.56. The summed E-state index contributed by atoms with van der Waals surface area (Å²) in [6, 6.07) is 0.764. The van der Waals surface area contributed by atoms with E-state index in [0.717, 1.165) is 12.6 Å². The number of piperidine rings is 1. The number of hydrogen-bond donors (Lipinski definition) is 1. The monoisotopic (exact) mass is 227 g/mol. The number of nitrogens with zero attached hydrogens (tertiary/aromatic N) is 2. The van der Waals surface area contributed by atoms with Crippen molar-refractivity contribution >= 4 is 0 Å². The van der Waals surface area contributed by atoms with E-state index in [1.54, 1.807) is 0 Å². The fourth-order valence-electron chi connectivity index (χ4n) is 2.97. The molecule has 2 N–H and O–H groups in total. The van der Waals surface area contributed by atoms with Gasteiger partial charge in [-0.25, -0.2) is 0 Å². The lowest BCUT2D eigenvalue weighted by atomic mass is 9.88. The fourth-order valence-corrected chi connectivity index (χ4v) is 2.97. The van der Waals surface area contributed by atoms with E-state index >= 15 is 0 Å². The minimum Gasteiger partial charge on any atom is -0.329 e. The molecule has 1 saturated heterocycles. The van der Waals surface area contributed by atoms with E-state index < -0.39 is 0 Å². The van der Waals surface area contributed by atoms with Gasteiger partial charge in [0.05, 0.1) is 0 Å². The summed E-state index contributed by atoms with van der Waals surface area (Å²) in [5, 5.41) is 0. The van der Waals surface area contributed by atoms with Crippen LogP contribution in [0.15, 0.2) is 0 Å². The van der Waals surface area contributed by atoms with Gasteiger partial charge in [-0.15, -0.1) is 0 Å². The first-order chi connectivity index (χ1) is 7.59. The van der Waals surface area contributed by atoms with Crippen LogP contribution in [-0.4, -0.2) is 55.1 Å². The lowest BCUT2D eigenvalue weighted by molar-refractivity contribution is 0.0392. The number of likely N-dealkylation sites (tertiary alicyclic amines) is 1. The van der Waals surface area contributed by atoms with Gasteiger partial charge in [0.25, 0.3) is 0 Å². The molecule has 3 heteroatoms. The van der Waals surface area contributed by atoms with E-state index in [0.29, 0.717) is 0 Å². The van der Waals surface area contributed by atoms with E-state index in [1.807, 2.05) is 0 Å². The van der Waals surface area contributed by atoms with E-state index in [1.165, 1.54) is 38.8 Å². The first kappa shape index (κ1) is 13.9. The van der Waals surface area contributed by atoms with Crippen LogP contribution in [0.1, 0.15) is 39.5 Å². The topological polar surface area (TPSA) is 32.5 Å². The van der Waals surface area contributed by atoms with Gasteiger partial charge in [0.1, 0.15) is 0 Å². The molecule has 0 aromatic heterocycles. The molecule has 1 aliphatic heterocycles. The Morgan fingerprint density at radius 1 is 1.19 bits per heavy atom. The van der Waals surface area contributed by atoms with Crippen LogP contribution < -0.4 is 5.73 Å². The van der Waals surface area contributed by atoms with Crippen LogP contribution in [0.4, 0.5) is 0 Å². The second-order valence-electron chi connectivity index (χ2n) is 5.32. The highest BCUT2D eigenvalue weighted by Gasteiger charge is 2.34. The summed E-state index contributed by atoms with van der Waals surface area (Å²) >= 11 is 0. The highest BCUT2D eigenvalue weighted by Crippen LogP contribution is 2.27. The molecular formula is C13H29N3. The normalized spacial score (nSPS) is 20.6.